The quantitative estimate of drug-likeness (QED) is 0.722. The van der Waals surface area contributed by atoms with E-state index in [0.717, 1.165) is 12.3 Å². The maximum Gasteiger partial charge on any atom is 0.272 e. The van der Waals surface area contributed by atoms with E-state index in [4.69, 9.17) is 10.2 Å². The van der Waals surface area contributed by atoms with Gasteiger partial charge < -0.3 is 15.1 Å². The van der Waals surface area contributed by atoms with Gasteiger partial charge in [0.1, 0.15) is 11.5 Å². The van der Waals surface area contributed by atoms with Gasteiger partial charge in [-0.05, 0) is 12.1 Å². The maximum absolute atomic E-state index is 12.6. The Hall–Kier alpha value is -1.53. The third-order valence-electron chi connectivity index (χ3n) is 1.97. The molecule has 0 radical (unpaired) electrons. The normalized spacial score (nSPS) is 10.2. The molecule has 0 saturated heterocycles. The summed E-state index contributed by atoms with van der Waals surface area (Å²) >= 11 is 0. The van der Waals surface area contributed by atoms with E-state index >= 15 is 0 Å². The highest BCUT2D eigenvalue weighted by Gasteiger charge is 2.15. The zero-order valence-corrected chi connectivity index (χ0v) is 8.64. The summed E-state index contributed by atoms with van der Waals surface area (Å²) in [6, 6.07) is 2.40. The van der Waals surface area contributed by atoms with Gasteiger partial charge in [-0.2, -0.15) is 0 Å². The van der Waals surface area contributed by atoms with Crippen LogP contribution < -0.4 is 0 Å². The SMILES string of the molecule is O=C(c1ccc(F)cn1)N(CCO)CCO. The van der Waals surface area contributed by atoms with Gasteiger partial charge in [0.25, 0.3) is 5.91 Å². The zero-order valence-electron chi connectivity index (χ0n) is 8.64. The maximum atomic E-state index is 12.6. The molecule has 0 aliphatic rings. The van der Waals surface area contributed by atoms with Crippen LogP contribution in [0.25, 0.3) is 0 Å². The van der Waals surface area contributed by atoms with Crippen molar-refractivity contribution in [1.82, 2.24) is 9.88 Å². The summed E-state index contributed by atoms with van der Waals surface area (Å²) in [5.41, 5.74) is 0.0864. The number of aromatic nitrogens is 1. The first-order chi connectivity index (χ1) is 7.69. The van der Waals surface area contributed by atoms with Crippen LogP contribution in [-0.2, 0) is 0 Å². The Bertz CT molecular complexity index is 336. The predicted molar refractivity (Wildman–Crippen MR) is 54.3 cm³/mol. The predicted octanol–water partition coefficient (Wildman–Crippen LogP) is -0.352. The molecule has 1 heterocycles. The van der Waals surface area contributed by atoms with Crippen molar-refractivity contribution in [2.45, 2.75) is 0 Å². The first-order valence-electron chi connectivity index (χ1n) is 4.81. The first-order valence-corrected chi connectivity index (χ1v) is 4.81. The van der Waals surface area contributed by atoms with Crippen molar-refractivity contribution in [3.8, 4) is 0 Å². The Morgan fingerprint density at radius 3 is 2.38 bits per heavy atom. The molecular weight excluding hydrogens is 215 g/mol. The highest BCUT2D eigenvalue weighted by atomic mass is 19.1. The van der Waals surface area contributed by atoms with Gasteiger partial charge in [-0.1, -0.05) is 0 Å². The molecule has 0 spiro atoms. The van der Waals surface area contributed by atoms with Crippen molar-refractivity contribution in [1.29, 1.82) is 0 Å². The third-order valence-corrected chi connectivity index (χ3v) is 1.97. The van der Waals surface area contributed by atoms with E-state index in [-0.39, 0.29) is 32.0 Å². The van der Waals surface area contributed by atoms with Gasteiger partial charge in [0.05, 0.1) is 19.4 Å². The number of hydrogen-bond acceptors (Lipinski definition) is 4. The second-order valence-corrected chi connectivity index (χ2v) is 3.10. The van der Waals surface area contributed by atoms with E-state index in [9.17, 15) is 9.18 Å². The summed E-state index contributed by atoms with van der Waals surface area (Å²) in [6.07, 6.45) is 0.948. The number of aliphatic hydroxyl groups excluding tert-OH is 2. The van der Waals surface area contributed by atoms with Crippen molar-refractivity contribution >= 4 is 5.91 Å². The highest BCUT2D eigenvalue weighted by molar-refractivity contribution is 5.92. The van der Waals surface area contributed by atoms with Crippen LogP contribution in [0.2, 0.25) is 0 Å². The molecule has 0 atom stereocenters. The molecule has 88 valence electrons. The fourth-order valence-corrected chi connectivity index (χ4v) is 1.22. The van der Waals surface area contributed by atoms with E-state index in [2.05, 4.69) is 4.98 Å². The minimum absolute atomic E-state index is 0.0864. The minimum atomic E-state index is -0.521. The van der Waals surface area contributed by atoms with Crippen LogP contribution in [0.15, 0.2) is 18.3 Å². The molecule has 5 nitrogen and oxygen atoms in total. The molecule has 0 saturated carbocycles. The Kier molecular flexibility index (Phi) is 4.81. The molecule has 1 amide bonds. The van der Waals surface area contributed by atoms with Gasteiger partial charge in [-0.15, -0.1) is 0 Å². The van der Waals surface area contributed by atoms with Gasteiger partial charge in [-0.25, -0.2) is 9.37 Å². The lowest BCUT2D eigenvalue weighted by molar-refractivity contribution is 0.0679. The van der Waals surface area contributed by atoms with Gasteiger partial charge >= 0.3 is 0 Å². The number of amides is 1. The van der Waals surface area contributed by atoms with Crippen LogP contribution in [0, 0.1) is 5.82 Å². The molecule has 0 unspecified atom stereocenters. The minimum Gasteiger partial charge on any atom is -0.395 e. The van der Waals surface area contributed by atoms with Crippen LogP contribution in [0.3, 0.4) is 0 Å². The lowest BCUT2D eigenvalue weighted by atomic mass is 10.3. The van der Waals surface area contributed by atoms with E-state index in [1.807, 2.05) is 0 Å². The Morgan fingerprint density at radius 1 is 1.31 bits per heavy atom. The molecule has 1 aromatic rings. The monoisotopic (exact) mass is 228 g/mol. The fourth-order valence-electron chi connectivity index (χ4n) is 1.22. The average molecular weight is 228 g/mol. The molecule has 0 aliphatic carbocycles. The van der Waals surface area contributed by atoms with E-state index < -0.39 is 11.7 Å². The van der Waals surface area contributed by atoms with Gasteiger partial charge in [0.2, 0.25) is 0 Å². The molecule has 0 aromatic carbocycles. The molecule has 0 aliphatic heterocycles. The fraction of sp³-hybridized carbons (Fsp3) is 0.400. The number of carbonyl (C=O) groups excluding carboxylic acids is 1. The molecule has 1 rings (SSSR count). The summed E-state index contributed by atoms with van der Waals surface area (Å²) in [5, 5.41) is 17.5. The van der Waals surface area contributed by atoms with Crippen LogP contribution in [0.1, 0.15) is 10.5 Å². The molecule has 2 N–H and O–H groups in total. The summed E-state index contributed by atoms with van der Waals surface area (Å²) in [5.74, 6) is -0.962. The van der Waals surface area contributed by atoms with Gasteiger partial charge in [-0.3, -0.25) is 4.79 Å². The molecule has 0 bridgehead atoms. The van der Waals surface area contributed by atoms with Crippen LogP contribution >= 0.6 is 0 Å². The number of rotatable bonds is 5. The summed E-state index contributed by atoms with van der Waals surface area (Å²) in [6.45, 7) is -0.184. The van der Waals surface area contributed by atoms with Crippen molar-refractivity contribution in [3.05, 3.63) is 29.8 Å². The number of hydrogen-bond donors (Lipinski definition) is 2. The van der Waals surface area contributed by atoms with Crippen LogP contribution in [-0.4, -0.2) is 52.3 Å². The van der Waals surface area contributed by atoms with Crippen LogP contribution in [0.5, 0.6) is 0 Å². The summed E-state index contributed by atoms with van der Waals surface area (Å²) < 4.78 is 12.6. The average Bonchev–Trinajstić information content (AvgIpc) is 2.29. The number of nitrogens with zero attached hydrogens (tertiary/aromatic N) is 2. The van der Waals surface area contributed by atoms with Gasteiger partial charge in [0, 0.05) is 13.1 Å². The molecule has 0 fully saturated rings. The highest BCUT2D eigenvalue weighted by Crippen LogP contribution is 2.03. The second kappa shape index (κ2) is 6.14. The number of halogens is 1. The largest absolute Gasteiger partial charge is 0.395 e. The van der Waals surface area contributed by atoms with Gasteiger partial charge in [0.15, 0.2) is 0 Å². The first kappa shape index (κ1) is 12.5. The van der Waals surface area contributed by atoms with E-state index in [1.54, 1.807) is 0 Å². The lowest BCUT2D eigenvalue weighted by Crippen LogP contribution is -2.36. The summed E-state index contributed by atoms with van der Waals surface area (Å²) in [7, 11) is 0. The number of pyridine rings is 1. The van der Waals surface area contributed by atoms with E-state index in [0.29, 0.717) is 0 Å². The Morgan fingerprint density at radius 2 is 1.94 bits per heavy atom. The van der Waals surface area contributed by atoms with Crippen molar-refractivity contribution < 1.29 is 19.4 Å². The molecule has 16 heavy (non-hydrogen) atoms. The number of aliphatic hydroxyl groups is 2. The smallest absolute Gasteiger partial charge is 0.272 e. The summed E-state index contributed by atoms with van der Waals surface area (Å²) in [4.78, 5) is 16.6. The molecule has 6 heteroatoms. The number of carbonyl (C=O) groups is 1. The third kappa shape index (κ3) is 3.25. The van der Waals surface area contributed by atoms with Crippen molar-refractivity contribution in [2.75, 3.05) is 26.3 Å². The van der Waals surface area contributed by atoms with Crippen molar-refractivity contribution in [2.24, 2.45) is 0 Å². The Labute approximate surface area is 92.2 Å². The molecule has 1 aromatic heterocycles. The Balaban J connectivity index is 2.77. The second-order valence-electron chi connectivity index (χ2n) is 3.10. The standard InChI is InChI=1S/C10H13FN2O3/c11-8-1-2-9(12-7-8)10(16)13(3-5-14)4-6-15/h1-2,7,14-15H,3-6H2. The zero-order chi connectivity index (χ0) is 12.0. The van der Waals surface area contributed by atoms with E-state index in [1.165, 1.54) is 11.0 Å². The molecular formula is C10H13FN2O3. The van der Waals surface area contributed by atoms with Crippen LogP contribution in [0.4, 0.5) is 4.39 Å². The lowest BCUT2D eigenvalue weighted by Gasteiger charge is -2.19. The van der Waals surface area contributed by atoms with Crippen molar-refractivity contribution in [3.63, 3.8) is 0 Å². The topological polar surface area (TPSA) is 73.7 Å².